The number of carbonyl (C=O) groups excluding carboxylic acids is 1. The van der Waals surface area contributed by atoms with E-state index >= 15 is 0 Å². The predicted molar refractivity (Wildman–Crippen MR) is 85.6 cm³/mol. The first-order valence-corrected chi connectivity index (χ1v) is 8.01. The lowest BCUT2D eigenvalue weighted by Gasteiger charge is -2.28. The van der Waals surface area contributed by atoms with Crippen LogP contribution in [0.1, 0.15) is 49.5 Å². The average Bonchev–Trinajstić information content (AvgIpc) is 2.93. The molecule has 6 nitrogen and oxygen atoms in total. The molecule has 0 saturated carbocycles. The zero-order valence-corrected chi connectivity index (χ0v) is 13.5. The molecule has 1 saturated heterocycles. The fraction of sp³-hybridized carbons (Fsp3) is 0.471. The average molecular weight is 314 g/mol. The van der Waals surface area contributed by atoms with E-state index in [4.69, 9.17) is 4.52 Å². The first kappa shape index (κ1) is 15.7. The highest BCUT2D eigenvalue weighted by molar-refractivity contribution is 5.77. The molecule has 122 valence electrons. The zero-order chi connectivity index (χ0) is 16.2. The van der Waals surface area contributed by atoms with E-state index in [1.54, 1.807) is 0 Å². The maximum absolute atomic E-state index is 12.0. The molecule has 0 bridgehead atoms. The molecule has 0 radical (unpaired) electrons. The standard InChI is InChI=1S/C17H22N4O2/c1-12(2)17-19-15(20-23-17)11-21-9-8-18-16(22)10-14(21)13-6-4-3-5-7-13/h3-7,12,14H,8-11H2,1-2H3,(H,18,22)/t14-/m1/s1. The molecule has 0 aliphatic carbocycles. The summed E-state index contributed by atoms with van der Waals surface area (Å²) in [7, 11) is 0. The normalized spacial score (nSPS) is 19.6. The molecule has 1 fully saturated rings. The minimum absolute atomic E-state index is 0.0275. The van der Waals surface area contributed by atoms with Gasteiger partial charge in [0.15, 0.2) is 5.82 Å². The Labute approximate surface area is 135 Å². The van der Waals surface area contributed by atoms with Crippen molar-refractivity contribution in [3.63, 3.8) is 0 Å². The molecule has 1 amide bonds. The number of hydrogen-bond acceptors (Lipinski definition) is 5. The minimum Gasteiger partial charge on any atom is -0.355 e. The van der Waals surface area contributed by atoms with Gasteiger partial charge in [-0.1, -0.05) is 49.3 Å². The lowest BCUT2D eigenvalue weighted by atomic mass is 10.0. The van der Waals surface area contributed by atoms with Crippen molar-refractivity contribution in [2.24, 2.45) is 0 Å². The van der Waals surface area contributed by atoms with Crippen molar-refractivity contribution in [2.75, 3.05) is 13.1 Å². The summed E-state index contributed by atoms with van der Waals surface area (Å²) in [5, 5.41) is 7.01. The third-order valence-electron chi connectivity index (χ3n) is 4.05. The van der Waals surface area contributed by atoms with Gasteiger partial charge in [-0.05, 0) is 5.56 Å². The van der Waals surface area contributed by atoms with E-state index in [2.05, 4.69) is 32.5 Å². The summed E-state index contributed by atoms with van der Waals surface area (Å²) < 4.78 is 5.29. The summed E-state index contributed by atoms with van der Waals surface area (Å²) >= 11 is 0. The van der Waals surface area contributed by atoms with Gasteiger partial charge in [-0.15, -0.1) is 0 Å². The lowest BCUT2D eigenvalue weighted by molar-refractivity contribution is -0.121. The second kappa shape index (κ2) is 6.91. The first-order valence-electron chi connectivity index (χ1n) is 8.01. The summed E-state index contributed by atoms with van der Waals surface area (Å²) in [5.74, 6) is 1.62. The van der Waals surface area contributed by atoms with E-state index < -0.39 is 0 Å². The van der Waals surface area contributed by atoms with Crippen LogP contribution >= 0.6 is 0 Å². The van der Waals surface area contributed by atoms with Crippen LogP contribution < -0.4 is 5.32 Å². The van der Waals surface area contributed by atoms with Crippen LogP contribution in [-0.2, 0) is 11.3 Å². The molecule has 1 aliphatic rings. The van der Waals surface area contributed by atoms with Gasteiger partial charge in [-0.25, -0.2) is 0 Å². The molecule has 2 heterocycles. The highest BCUT2D eigenvalue weighted by atomic mass is 16.5. The second-order valence-electron chi connectivity index (χ2n) is 6.15. The Morgan fingerprint density at radius 3 is 2.83 bits per heavy atom. The zero-order valence-electron chi connectivity index (χ0n) is 13.5. The Hall–Kier alpha value is -2.21. The van der Waals surface area contributed by atoms with Gasteiger partial charge in [0.2, 0.25) is 11.8 Å². The number of amides is 1. The van der Waals surface area contributed by atoms with Crippen molar-refractivity contribution in [1.82, 2.24) is 20.4 Å². The van der Waals surface area contributed by atoms with Crippen molar-refractivity contribution < 1.29 is 9.32 Å². The SMILES string of the molecule is CC(C)c1nc(CN2CCNC(=O)C[C@@H]2c2ccccc2)no1. The summed E-state index contributed by atoms with van der Waals surface area (Å²) in [6.45, 7) is 6.02. The third kappa shape index (κ3) is 3.76. The van der Waals surface area contributed by atoms with Gasteiger partial charge in [0.05, 0.1) is 6.54 Å². The minimum atomic E-state index is 0.0275. The van der Waals surface area contributed by atoms with Crippen LogP contribution in [0.4, 0.5) is 0 Å². The number of nitrogens with zero attached hydrogens (tertiary/aromatic N) is 3. The Morgan fingerprint density at radius 2 is 2.13 bits per heavy atom. The molecule has 2 aromatic rings. The molecule has 6 heteroatoms. The fourth-order valence-corrected chi connectivity index (χ4v) is 2.81. The van der Waals surface area contributed by atoms with E-state index in [0.29, 0.717) is 31.2 Å². The molecule has 1 N–H and O–H groups in total. The number of rotatable bonds is 4. The molecule has 1 aliphatic heterocycles. The molecule has 1 aromatic carbocycles. The smallest absolute Gasteiger partial charge is 0.229 e. The molecule has 23 heavy (non-hydrogen) atoms. The fourth-order valence-electron chi connectivity index (χ4n) is 2.81. The van der Waals surface area contributed by atoms with Crippen molar-refractivity contribution in [2.45, 2.75) is 38.8 Å². The van der Waals surface area contributed by atoms with Crippen molar-refractivity contribution >= 4 is 5.91 Å². The van der Waals surface area contributed by atoms with Crippen LogP contribution in [0.5, 0.6) is 0 Å². The second-order valence-corrected chi connectivity index (χ2v) is 6.15. The Bertz CT molecular complexity index is 654. The predicted octanol–water partition coefficient (Wildman–Crippen LogP) is 2.26. The molecule has 3 rings (SSSR count). The summed E-state index contributed by atoms with van der Waals surface area (Å²) in [6, 6.07) is 10.1. The molecule has 1 atom stereocenters. The Kier molecular flexibility index (Phi) is 4.71. The van der Waals surface area contributed by atoms with E-state index in [1.165, 1.54) is 0 Å². The highest BCUT2D eigenvalue weighted by Crippen LogP contribution is 2.27. The summed E-state index contributed by atoms with van der Waals surface area (Å²) in [5.41, 5.74) is 1.14. The molecule has 1 aromatic heterocycles. The van der Waals surface area contributed by atoms with Gasteiger partial charge in [0.25, 0.3) is 0 Å². The third-order valence-corrected chi connectivity index (χ3v) is 4.05. The van der Waals surface area contributed by atoms with Crippen LogP contribution in [-0.4, -0.2) is 34.0 Å². The van der Waals surface area contributed by atoms with Crippen LogP contribution in [0.15, 0.2) is 34.9 Å². The van der Waals surface area contributed by atoms with Crippen molar-refractivity contribution in [3.05, 3.63) is 47.6 Å². The number of aromatic nitrogens is 2. The molecular weight excluding hydrogens is 292 g/mol. The van der Waals surface area contributed by atoms with Gasteiger partial charge in [-0.3, -0.25) is 9.69 Å². The Balaban J connectivity index is 1.82. The summed E-state index contributed by atoms with van der Waals surface area (Å²) in [6.07, 6.45) is 0.443. The van der Waals surface area contributed by atoms with Crippen LogP contribution in [0.25, 0.3) is 0 Å². The maximum atomic E-state index is 12.0. The van der Waals surface area contributed by atoms with Crippen LogP contribution in [0.3, 0.4) is 0 Å². The maximum Gasteiger partial charge on any atom is 0.229 e. The molecule has 0 spiro atoms. The lowest BCUT2D eigenvalue weighted by Crippen LogP contribution is -2.31. The van der Waals surface area contributed by atoms with E-state index in [0.717, 1.165) is 12.1 Å². The van der Waals surface area contributed by atoms with Crippen LogP contribution in [0, 0.1) is 0 Å². The highest BCUT2D eigenvalue weighted by Gasteiger charge is 2.27. The summed E-state index contributed by atoms with van der Waals surface area (Å²) in [4.78, 5) is 18.7. The van der Waals surface area contributed by atoms with Crippen molar-refractivity contribution in [1.29, 1.82) is 0 Å². The van der Waals surface area contributed by atoms with Gasteiger partial charge < -0.3 is 9.84 Å². The molecule has 0 unspecified atom stereocenters. The van der Waals surface area contributed by atoms with E-state index in [-0.39, 0.29) is 17.9 Å². The quantitative estimate of drug-likeness (QED) is 0.937. The first-order chi connectivity index (χ1) is 11.1. The van der Waals surface area contributed by atoms with Gasteiger partial charge in [-0.2, -0.15) is 4.98 Å². The molecular formula is C17H22N4O2. The Morgan fingerprint density at radius 1 is 1.35 bits per heavy atom. The van der Waals surface area contributed by atoms with E-state index in [9.17, 15) is 4.79 Å². The number of nitrogens with one attached hydrogen (secondary N) is 1. The van der Waals surface area contributed by atoms with E-state index in [1.807, 2.05) is 32.0 Å². The van der Waals surface area contributed by atoms with Crippen LogP contribution in [0.2, 0.25) is 0 Å². The number of hydrogen-bond donors (Lipinski definition) is 1. The van der Waals surface area contributed by atoms with Gasteiger partial charge >= 0.3 is 0 Å². The monoisotopic (exact) mass is 314 g/mol. The number of benzene rings is 1. The largest absolute Gasteiger partial charge is 0.355 e. The van der Waals surface area contributed by atoms with Gasteiger partial charge in [0, 0.05) is 31.5 Å². The topological polar surface area (TPSA) is 71.3 Å². The van der Waals surface area contributed by atoms with Gasteiger partial charge in [0.1, 0.15) is 0 Å². The number of carbonyl (C=O) groups is 1. The van der Waals surface area contributed by atoms with Crippen molar-refractivity contribution in [3.8, 4) is 0 Å².